The van der Waals surface area contributed by atoms with E-state index in [0.717, 1.165) is 18.4 Å². The predicted molar refractivity (Wildman–Crippen MR) is 98.0 cm³/mol. The molecule has 4 nitrogen and oxygen atoms in total. The molecule has 0 spiro atoms. The molecule has 0 saturated heterocycles. The van der Waals surface area contributed by atoms with Crippen molar-refractivity contribution in [3.05, 3.63) is 29.8 Å². The van der Waals surface area contributed by atoms with Crippen LogP contribution in [0.5, 0.6) is 5.75 Å². The van der Waals surface area contributed by atoms with Gasteiger partial charge in [-0.05, 0) is 54.2 Å². The zero-order chi connectivity index (χ0) is 18.5. The number of carbonyl (C=O) groups is 1. The zero-order valence-electron chi connectivity index (χ0n) is 15.5. The first-order valence-corrected chi connectivity index (χ1v) is 10.7. The molecule has 2 bridgehead atoms. The molecular weight excluding hydrogens is 336 g/mol. The zero-order valence-corrected chi connectivity index (χ0v) is 16.4. The summed E-state index contributed by atoms with van der Waals surface area (Å²) < 4.78 is 30.7. The number of ketones is 1. The minimum Gasteiger partial charge on any atom is -0.382 e. The lowest BCUT2D eigenvalue weighted by Gasteiger charge is -2.35. The fraction of sp³-hybridized carbons (Fsp3) is 0.650. The molecule has 0 amide bonds. The summed E-state index contributed by atoms with van der Waals surface area (Å²) in [6, 6.07) is 7.21. The maximum atomic E-state index is 12.7. The van der Waals surface area contributed by atoms with Crippen molar-refractivity contribution in [1.29, 1.82) is 0 Å². The third kappa shape index (κ3) is 3.23. The first kappa shape index (κ1) is 18.4. The first-order chi connectivity index (χ1) is 11.6. The molecule has 2 aliphatic rings. The fourth-order valence-electron chi connectivity index (χ4n) is 4.74. The summed E-state index contributed by atoms with van der Waals surface area (Å²) in [5.74, 6) is 1.04. The topological polar surface area (TPSA) is 60.4 Å². The van der Waals surface area contributed by atoms with Crippen LogP contribution in [0, 0.1) is 22.7 Å². The van der Waals surface area contributed by atoms with Crippen molar-refractivity contribution >= 4 is 15.9 Å². The monoisotopic (exact) mass is 364 g/mol. The van der Waals surface area contributed by atoms with E-state index in [1.165, 1.54) is 0 Å². The Hall–Kier alpha value is -1.36. The molecular formula is C20H28O4S. The Balaban J connectivity index is 1.76. The van der Waals surface area contributed by atoms with Gasteiger partial charge in [0, 0.05) is 6.42 Å². The van der Waals surface area contributed by atoms with Gasteiger partial charge in [-0.2, -0.15) is 8.42 Å². The van der Waals surface area contributed by atoms with Crippen LogP contribution < -0.4 is 4.18 Å². The van der Waals surface area contributed by atoms with Gasteiger partial charge >= 0.3 is 10.1 Å². The van der Waals surface area contributed by atoms with Crippen LogP contribution >= 0.6 is 0 Å². The van der Waals surface area contributed by atoms with Crippen molar-refractivity contribution in [2.75, 3.05) is 5.75 Å². The molecule has 25 heavy (non-hydrogen) atoms. The van der Waals surface area contributed by atoms with Crippen LogP contribution in [0.1, 0.15) is 52.5 Å². The van der Waals surface area contributed by atoms with E-state index in [9.17, 15) is 13.2 Å². The molecule has 0 heterocycles. The highest BCUT2D eigenvalue weighted by Crippen LogP contribution is 2.64. The van der Waals surface area contributed by atoms with E-state index in [1.807, 2.05) is 26.0 Å². The van der Waals surface area contributed by atoms with Crippen molar-refractivity contribution in [1.82, 2.24) is 0 Å². The smallest absolute Gasteiger partial charge is 0.310 e. The first-order valence-electron chi connectivity index (χ1n) is 9.10. The van der Waals surface area contributed by atoms with Crippen LogP contribution in [-0.4, -0.2) is 20.0 Å². The van der Waals surface area contributed by atoms with Crippen LogP contribution in [0.15, 0.2) is 24.3 Å². The number of hydrogen-bond acceptors (Lipinski definition) is 4. The number of rotatable bonds is 6. The Bertz CT molecular complexity index is 761. The lowest BCUT2D eigenvalue weighted by molar-refractivity contribution is -0.128. The average Bonchev–Trinajstić information content (AvgIpc) is 2.82. The Morgan fingerprint density at radius 3 is 2.32 bits per heavy atom. The third-order valence-electron chi connectivity index (χ3n) is 6.35. The quantitative estimate of drug-likeness (QED) is 0.716. The van der Waals surface area contributed by atoms with Crippen LogP contribution in [0.25, 0.3) is 0 Å². The predicted octanol–water partition coefficient (Wildman–Crippen LogP) is 3.99. The fourth-order valence-corrected chi connectivity index (χ4v) is 6.48. The lowest BCUT2D eigenvalue weighted by Crippen LogP contribution is -2.43. The molecule has 0 aliphatic heterocycles. The van der Waals surface area contributed by atoms with E-state index in [1.54, 1.807) is 12.1 Å². The highest BCUT2D eigenvalue weighted by Gasteiger charge is 2.65. The molecule has 0 N–H and O–H groups in total. The van der Waals surface area contributed by atoms with Crippen molar-refractivity contribution in [3.8, 4) is 5.75 Å². The normalized spacial score (nSPS) is 27.9. The van der Waals surface area contributed by atoms with Gasteiger partial charge in [0.15, 0.2) is 0 Å². The molecule has 0 radical (unpaired) electrons. The van der Waals surface area contributed by atoms with Gasteiger partial charge in [0.1, 0.15) is 11.5 Å². The van der Waals surface area contributed by atoms with E-state index in [4.69, 9.17) is 4.18 Å². The second-order valence-corrected chi connectivity index (χ2v) is 10.3. The summed E-state index contributed by atoms with van der Waals surface area (Å²) in [6.45, 7) is 8.35. The minimum atomic E-state index is -3.82. The van der Waals surface area contributed by atoms with Gasteiger partial charge in [-0.1, -0.05) is 39.8 Å². The number of benzene rings is 1. The second kappa shape index (κ2) is 6.11. The van der Waals surface area contributed by atoms with Gasteiger partial charge in [0.05, 0.1) is 11.2 Å². The van der Waals surface area contributed by atoms with E-state index >= 15 is 0 Å². The lowest BCUT2D eigenvalue weighted by atomic mass is 9.70. The number of fused-ring (bicyclic) bond motifs is 2. The summed E-state index contributed by atoms with van der Waals surface area (Å²) in [5.41, 5.74) is 0.0968. The molecule has 5 heteroatoms. The summed E-state index contributed by atoms with van der Waals surface area (Å²) in [4.78, 5) is 12.5. The standard InChI is InChI=1S/C20H28O4S/c1-14(2)11-15-5-7-17(8-6-15)24-25(22,23)13-20-10-9-16(12-18(20)21)19(20,3)4/h5-8,14,16H,9-13H2,1-4H3. The summed E-state index contributed by atoms with van der Waals surface area (Å²) in [6.07, 6.45) is 3.03. The Labute approximate surface area is 151 Å². The Kier molecular flexibility index (Phi) is 4.51. The Morgan fingerprint density at radius 1 is 1.20 bits per heavy atom. The van der Waals surface area contributed by atoms with Crippen LogP contribution in [0.2, 0.25) is 0 Å². The maximum absolute atomic E-state index is 12.7. The van der Waals surface area contributed by atoms with Crippen molar-refractivity contribution in [2.24, 2.45) is 22.7 Å². The molecule has 3 rings (SSSR count). The van der Waals surface area contributed by atoms with Gasteiger partial charge in [0.25, 0.3) is 0 Å². The highest BCUT2D eigenvalue weighted by molar-refractivity contribution is 7.87. The van der Waals surface area contributed by atoms with E-state index in [-0.39, 0.29) is 17.0 Å². The minimum absolute atomic E-state index is 0.0909. The maximum Gasteiger partial charge on any atom is 0.310 e. The van der Waals surface area contributed by atoms with E-state index in [2.05, 4.69) is 13.8 Å². The van der Waals surface area contributed by atoms with Gasteiger partial charge in [-0.25, -0.2) is 0 Å². The molecule has 2 fully saturated rings. The number of Topliss-reactive ketones (excluding diaryl/α,β-unsaturated/α-hetero) is 1. The van der Waals surface area contributed by atoms with Gasteiger partial charge < -0.3 is 4.18 Å². The van der Waals surface area contributed by atoms with Crippen LogP contribution in [0.4, 0.5) is 0 Å². The Morgan fingerprint density at radius 2 is 1.84 bits per heavy atom. The molecule has 138 valence electrons. The molecule has 2 unspecified atom stereocenters. The summed E-state index contributed by atoms with van der Waals surface area (Å²) in [7, 11) is -3.82. The summed E-state index contributed by atoms with van der Waals surface area (Å²) in [5, 5.41) is 0. The molecule has 0 aromatic heterocycles. The van der Waals surface area contributed by atoms with Crippen molar-refractivity contribution in [2.45, 2.75) is 53.4 Å². The SMILES string of the molecule is CC(C)Cc1ccc(OS(=O)(=O)CC23CCC(CC2=O)C3(C)C)cc1. The van der Waals surface area contributed by atoms with E-state index < -0.39 is 15.5 Å². The van der Waals surface area contributed by atoms with Crippen molar-refractivity contribution < 1.29 is 17.4 Å². The third-order valence-corrected chi connectivity index (χ3v) is 7.65. The van der Waals surface area contributed by atoms with Crippen LogP contribution in [0.3, 0.4) is 0 Å². The largest absolute Gasteiger partial charge is 0.382 e. The van der Waals surface area contributed by atoms with Crippen LogP contribution in [-0.2, 0) is 21.3 Å². The van der Waals surface area contributed by atoms with Crippen molar-refractivity contribution in [3.63, 3.8) is 0 Å². The van der Waals surface area contributed by atoms with Gasteiger partial charge in [0.2, 0.25) is 0 Å². The van der Waals surface area contributed by atoms with Gasteiger partial charge in [-0.15, -0.1) is 0 Å². The molecule has 2 saturated carbocycles. The second-order valence-electron chi connectivity index (χ2n) is 8.69. The number of hydrogen-bond donors (Lipinski definition) is 0. The summed E-state index contributed by atoms with van der Waals surface area (Å²) >= 11 is 0. The average molecular weight is 365 g/mol. The number of carbonyl (C=O) groups excluding carboxylic acids is 1. The molecule has 2 aliphatic carbocycles. The molecule has 1 aromatic rings. The van der Waals surface area contributed by atoms with E-state index in [0.29, 0.717) is 30.4 Å². The highest BCUT2D eigenvalue weighted by atomic mass is 32.2. The van der Waals surface area contributed by atoms with Gasteiger partial charge in [-0.3, -0.25) is 4.79 Å². The molecule has 2 atom stereocenters. The molecule has 1 aromatic carbocycles.